The maximum atomic E-state index is 2.58. The van der Waals surface area contributed by atoms with E-state index in [1.807, 2.05) is 27.7 Å². The largest absolute Gasteiger partial charge is 0.304 e. The topological polar surface area (TPSA) is 3.24 Å². The lowest BCUT2D eigenvalue weighted by molar-refractivity contribution is 0.185. The van der Waals surface area contributed by atoms with Gasteiger partial charge in [0.05, 0.1) is 0 Å². The molecule has 0 aromatic heterocycles. The van der Waals surface area contributed by atoms with E-state index in [9.17, 15) is 0 Å². The molecule has 1 heterocycles. The van der Waals surface area contributed by atoms with Crippen LogP contribution in [0.25, 0.3) is 0 Å². The summed E-state index contributed by atoms with van der Waals surface area (Å²) in [5.74, 6) is 1.05. The van der Waals surface area contributed by atoms with Crippen molar-refractivity contribution in [1.82, 2.24) is 4.90 Å². The lowest BCUT2D eigenvalue weighted by Gasteiger charge is -2.30. The fraction of sp³-hybridized carbons (Fsp3) is 1.00. The second kappa shape index (κ2) is 16.0. The fourth-order valence-corrected chi connectivity index (χ4v) is 2.27. The van der Waals surface area contributed by atoms with Crippen LogP contribution in [0, 0.1) is 5.92 Å². The Labute approximate surface area is 111 Å². The van der Waals surface area contributed by atoms with Crippen LogP contribution >= 0.6 is 0 Å². The molecule has 0 aromatic carbocycles. The zero-order valence-corrected chi connectivity index (χ0v) is 13.4. The van der Waals surface area contributed by atoms with Gasteiger partial charge in [0, 0.05) is 0 Å². The number of hydrogen-bond donors (Lipinski definition) is 0. The molecule has 0 aromatic rings. The van der Waals surface area contributed by atoms with Crippen molar-refractivity contribution >= 4 is 0 Å². The average molecular weight is 243 g/mol. The molecule has 0 atom stereocenters. The normalized spacial score (nSPS) is 16.6. The van der Waals surface area contributed by atoms with Crippen LogP contribution < -0.4 is 0 Å². The van der Waals surface area contributed by atoms with Crippen LogP contribution in [-0.4, -0.2) is 24.5 Å². The number of hydrogen-bond acceptors (Lipinski definition) is 1. The van der Waals surface area contributed by atoms with Crippen molar-refractivity contribution in [2.24, 2.45) is 5.92 Å². The summed E-state index contributed by atoms with van der Waals surface area (Å²) in [7, 11) is 0. The molecule has 0 aliphatic carbocycles. The summed E-state index contributed by atoms with van der Waals surface area (Å²) in [6, 6.07) is 0. The fourth-order valence-electron chi connectivity index (χ4n) is 2.27. The van der Waals surface area contributed by atoms with Gasteiger partial charge in [-0.1, -0.05) is 67.2 Å². The molecule has 1 saturated heterocycles. The maximum absolute atomic E-state index is 2.58. The number of rotatable bonds is 5. The van der Waals surface area contributed by atoms with Crippen LogP contribution in [0.4, 0.5) is 0 Å². The molecule has 0 saturated carbocycles. The third-order valence-corrected chi connectivity index (χ3v) is 3.37. The van der Waals surface area contributed by atoms with Gasteiger partial charge < -0.3 is 4.90 Å². The summed E-state index contributed by atoms with van der Waals surface area (Å²) in [5, 5.41) is 0. The van der Waals surface area contributed by atoms with E-state index >= 15 is 0 Å². The van der Waals surface area contributed by atoms with Crippen LogP contribution in [0.5, 0.6) is 0 Å². The summed E-state index contributed by atoms with van der Waals surface area (Å²) in [6.07, 6.45) is 8.68. The highest BCUT2D eigenvalue weighted by Crippen LogP contribution is 2.22. The standard InChI is InChI=1S/C12H25N.2C2H6/c1-3-5-6-7-12-8-10-13(4-2)11-9-12;2*1-2/h12H,3-11H2,1-2H3;2*1-2H3. The molecule has 0 unspecified atom stereocenters. The molecule has 1 heteroatoms. The second-order valence-electron chi connectivity index (χ2n) is 4.37. The Hall–Kier alpha value is -0.0400. The molecular formula is C16H37N. The number of unbranched alkanes of at least 4 members (excludes halogenated alkanes) is 2. The summed E-state index contributed by atoms with van der Waals surface area (Å²) in [4.78, 5) is 2.58. The van der Waals surface area contributed by atoms with Crippen LogP contribution in [0.3, 0.4) is 0 Å². The van der Waals surface area contributed by atoms with E-state index in [2.05, 4.69) is 18.7 Å². The van der Waals surface area contributed by atoms with Crippen molar-refractivity contribution in [2.45, 2.75) is 80.1 Å². The van der Waals surface area contributed by atoms with E-state index in [0.717, 1.165) is 5.92 Å². The van der Waals surface area contributed by atoms with Gasteiger partial charge in [0.15, 0.2) is 0 Å². The zero-order chi connectivity index (χ0) is 13.5. The highest BCUT2D eigenvalue weighted by Gasteiger charge is 2.16. The van der Waals surface area contributed by atoms with E-state index in [1.54, 1.807) is 0 Å². The van der Waals surface area contributed by atoms with Gasteiger partial charge in [0.25, 0.3) is 0 Å². The Morgan fingerprint density at radius 2 is 1.41 bits per heavy atom. The highest BCUT2D eigenvalue weighted by atomic mass is 15.1. The molecule has 0 amide bonds. The van der Waals surface area contributed by atoms with Crippen molar-refractivity contribution in [3.8, 4) is 0 Å². The molecule has 17 heavy (non-hydrogen) atoms. The SMILES string of the molecule is CC.CC.CCCCCC1CCN(CC)CC1. The van der Waals surface area contributed by atoms with Crippen LogP contribution in [0.2, 0.25) is 0 Å². The van der Waals surface area contributed by atoms with Crippen molar-refractivity contribution in [3.63, 3.8) is 0 Å². The van der Waals surface area contributed by atoms with Gasteiger partial charge in [0.1, 0.15) is 0 Å². The first-order valence-electron chi connectivity index (χ1n) is 8.09. The van der Waals surface area contributed by atoms with Crippen molar-refractivity contribution in [3.05, 3.63) is 0 Å². The molecule has 1 aliphatic rings. The minimum Gasteiger partial charge on any atom is -0.304 e. The molecule has 1 aliphatic heterocycles. The maximum Gasteiger partial charge on any atom is -0.00162 e. The molecular weight excluding hydrogens is 206 g/mol. The number of piperidine rings is 1. The third kappa shape index (κ3) is 10.8. The first-order chi connectivity index (χ1) is 8.36. The third-order valence-electron chi connectivity index (χ3n) is 3.37. The predicted octanol–water partition coefficient (Wildman–Crippen LogP) is 5.35. The van der Waals surface area contributed by atoms with Gasteiger partial charge in [-0.3, -0.25) is 0 Å². The first kappa shape index (κ1) is 19.3. The van der Waals surface area contributed by atoms with Crippen molar-refractivity contribution < 1.29 is 0 Å². The van der Waals surface area contributed by atoms with Crippen molar-refractivity contribution in [2.75, 3.05) is 19.6 Å². The van der Waals surface area contributed by atoms with Crippen LogP contribution in [0.1, 0.15) is 80.1 Å². The van der Waals surface area contributed by atoms with Crippen LogP contribution in [0.15, 0.2) is 0 Å². The Morgan fingerprint density at radius 3 is 1.82 bits per heavy atom. The molecule has 1 nitrogen and oxygen atoms in total. The van der Waals surface area contributed by atoms with Gasteiger partial charge in [-0.2, -0.15) is 0 Å². The Kier molecular flexibility index (Phi) is 18.1. The summed E-state index contributed by atoms with van der Waals surface area (Å²) >= 11 is 0. The summed E-state index contributed by atoms with van der Waals surface area (Å²) in [6.45, 7) is 16.5. The number of likely N-dealkylation sites (tertiary alicyclic amines) is 1. The summed E-state index contributed by atoms with van der Waals surface area (Å²) in [5.41, 5.74) is 0. The highest BCUT2D eigenvalue weighted by molar-refractivity contribution is 4.71. The Morgan fingerprint density at radius 1 is 0.882 bits per heavy atom. The predicted molar refractivity (Wildman–Crippen MR) is 81.7 cm³/mol. The van der Waals surface area contributed by atoms with Gasteiger partial charge in [0.2, 0.25) is 0 Å². The number of nitrogens with zero attached hydrogens (tertiary/aromatic N) is 1. The molecule has 1 rings (SSSR count). The van der Waals surface area contributed by atoms with Gasteiger partial charge in [-0.05, 0) is 38.4 Å². The van der Waals surface area contributed by atoms with E-state index in [4.69, 9.17) is 0 Å². The van der Waals surface area contributed by atoms with Gasteiger partial charge >= 0.3 is 0 Å². The lowest BCUT2D eigenvalue weighted by Crippen LogP contribution is -2.33. The lowest BCUT2D eigenvalue weighted by atomic mass is 9.91. The average Bonchev–Trinajstić information content (AvgIpc) is 2.44. The van der Waals surface area contributed by atoms with Gasteiger partial charge in [-0.15, -0.1) is 0 Å². The molecule has 0 radical (unpaired) electrons. The van der Waals surface area contributed by atoms with E-state index < -0.39 is 0 Å². The monoisotopic (exact) mass is 243 g/mol. The molecule has 0 bridgehead atoms. The zero-order valence-electron chi connectivity index (χ0n) is 13.4. The minimum absolute atomic E-state index is 1.05. The van der Waals surface area contributed by atoms with Gasteiger partial charge in [-0.25, -0.2) is 0 Å². The summed E-state index contributed by atoms with van der Waals surface area (Å²) < 4.78 is 0. The minimum atomic E-state index is 1.05. The van der Waals surface area contributed by atoms with Crippen molar-refractivity contribution in [1.29, 1.82) is 0 Å². The molecule has 1 fully saturated rings. The smallest absolute Gasteiger partial charge is 0.00162 e. The molecule has 0 spiro atoms. The van der Waals surface area contributed by atoms with E-state index in [1.165, 1.54) is 58.2 Å². The Balaban J connectivity index is 0. The van der Waals surface area contributed by atoms with E-state index in [0.29, 0.717) is 0 Å². The second-order valence-corrected chi connectivity index (χ2v) is 4.37. The van der Waals surface area contributed by atoms with E-state index in [-0.39, 0.29) is 0 Å². The quantitative estimate of drug-likeness (QED) is 0.588. The van der Waals surface area contributed by atoms with Crippen LogP contribution in [-0.2, 0) is 0 Å². The molecule has 0 N–H and O–H groups in total. The molecule has 106 valence electrons. The Bertz CT molecular complexity index is 112. The first-order valence-corrected chi connectivity index (χ1v) is 8.09.